The normalized spacial score (nSPS) is 11.6. The number of azo groups is 1. The lowest BCUT2D eigenvalue weighted by molar-refractivity contribution is -0.142. The van der Waals surface area contributed by atoms with E-state index in [2.05, 4.69) is 87.5 Å². The Hall–Kier alpha value is -5.41. The molecular weight excluding hydrogens is 659 g/mol. The number of anilines is 4. The maximum Gasteiger partial charge on any atom is 0.311 e. The number of rotatable bonds is 10. The van der Waals surface area contributed by atoms with Crippen LogP contribution in [0, 0.1) is 59.8 Å². The summed E-state index contributed by atoms with van der Waals surface area (Å²) in [6.45, 7) is 22.4. The number of nitrogens with one attached hydrogen (secondary N) is 2. The number of ether oxygens (including phenoxy) is 1. The lowest BCUT2D eigenvalue weighted by atomic mass is 9.90. The number of nitriles is 1. The molecule has 0 saturated carbocycles. The molecule has 0 aliphatic heterocycles. The Labute approximate surface area is 303 Å². The van der Waals surface area contributed by atoms with Crippen molar-refractivity contribution in [3.05, 3.63) is 91.6 Å². The Morgan fingerprint density at radius 2 is 1.47 bits per heavy atom. The molecule has 2 N–H and O–H groups in total. The molecule has 0 radical (unpaired) electrons. The Balaban J connectivity index is 1.66. The molecule has 0 bridgehead atoms. The number of hydrogen-bond donors (Lipinski definition) is 2. The van der Waals surface area contributed by atoms with Crippen LogP contribution in [0.15, 0.2) is 45.9 Å². The first-order valence-corrected chi connectivity index (χ1v) is 17.7. The first-order chi connectivity index (χ1) is 24.1. The second-order valence-corrected chi connectivity index (χ2v) is 14.8. The average Bonchev–Trinajstić information content (AvgIpc) is 3.64. The number of carbonyl (C=O) groups is 1. The Kier molecular flexibility index (Phi) is 10.7. The van der Waals surface area contributed by atoms with Crippen LogP contribution in [0.25, 0.3) is 5.13 Å². The molecule has 0 saturated heterocycles. The molecular formula is C39H45N9O2S. The highest BCUT2D eigenvalue weighted by Crippen LogP contribution is 2.39. The summed E-state index contributed by atoms with van der Waals surface area (Å²) in [4.78, 5) is 21.9. The van der Waals surface area contributed by atoms with Crippen LogP contribution in [0.3, 0.4) is 0 Å². The lowest BCUT2D eigenvalue weighted by Gasteiger charge is -2.18. The summed E-state index contributed by atoms with van der Waals surface area (Å²) in [7, 11) is 0. The summed E-state index contributed by atoms with van der Waals surface area (Å²) < 4.78 is 6.64. The van der Waals surface area contributed by atoms with Gasteiger partial charge in [0.25, 0.3) is 0 Å². The summed E-state index contributed by atoms with van der Waals surface area (Å²) in [5.74, 6) is 1.03. The van der Waals surface area contributed by atoms with Gasteiger partial charge < -0.3 is 15.4 Å². The number of aryl methyl sites for hydroxylation is 7. The molecule has 5 rings (SSSR count). The fourth-order valence-corrected chi connectivity index (χ4v) is 6.91. The molecule has 11 nitrogen and oxygen atoms in total. The van der Waals surface area contributed by atoms with Crippen LogP contribution in [-0.4, -0.2) is 32.3 Å². The number of aromatic nitrogens is 4. The van der Waals surface area contributed by atoms with E-state index >= 15 is 0 Å². The zero-order valence-electron chi connectivity index (χ0n) is 31.2. The maximum atomic E-state index is 12.2. The lowest BCUT2D eigenvalue weighted by Crippen LogP contribution is -2.14. The highest BCUT2D eigenvalue weighted by Gasteiger charge is 2.29. The molecule has 264 valence electrons. The number of benzene rings is 2. The van der Waals surface area contributed by atoms with Gasteiger partial charge in [-0.1, -0.05) is 56.2 Å². The van der Waals surface area contributed by atoms with Gasteiger partial charge in [0, 0.05) is 22.2 Å². The Morgan fingerprint density at radius 3 is 2.02 bits per heavy atom. The highest BCUT2D eigenvalue weighted by atomic mass is 32.1. The summed E-state index contributed by atoms with van der Waals surface area (Å²) >= 11 is 1.30. The van der Waals surface area contributed by atoms with Crippen LogP contribution in [0.2, 0.25) is 0 Å². The number of nitrogens with zero attached hydrogens (tertiary/aromatic N) is 7. The quantitative estimate of drug-likeness (QED) is 0.108. The molecule has 0 aliphatic rings. The smallest absolute Gasteiger partial charge is 0.311 e. The van der Waals surface area contributed by atoms with Crippen molar-refractivity contribution in [2.24, 2.45) is 10.2 Å². The van der Waals surface area contributed by atoms with Crippen molar-refractivity contribution in [1.29, 1.82) is 5.26 Å². The fourth-order valence-electron chi connectivity index (χ4n) is 6.14. The van der Waals surface area contributed by atoms with Crippen LogP contribution in [0.5, 0.6) is 0 Å². The van der Waals surface area contributed by atoms with E-state index in [-0.39, 0.29) is 24.8 Å². The predicted molar refractivity (Wildman–Crippen MR) is 204 cm³/mol. The first-order valence-electron chi connectivity index (χ1n) is 16.9. The first kappa shape index (κ1) is 36.9. The van der Waals surface area contributed by atoms with Crippen LogP contribution in [0.1, 0.15) is 83.6 Å². The third kappa shape index (κ3) is 8.15. The topological polar surface area (TPSA) is 142 Å². The number of pyridine rings is 1. The average molecular weight is 704 g/mol. The molecule has 51 heavy (non-hydrogen) atoms. The SMILES string of the molecule is CCOC(=O)Cc1csc(-n2nc(C(C)(C)C)c(C#N)c2N=Nc2c(C)cc(Nc3c(C)cc(C)cc3C)nc2Nc2c(C)cc(C)cc2C)n1. The fraction of sp³-hybridized carbons (Fsp3) is 0.359. The summed E-state index contributed by atoms with van der Waals surface area (Å²) in [5.41, 5.74) is 10.9. The van der Waals surface area contributed by atoms with Crippen LogP contribution < -0.4 is 10.6 Å². The van der Waals surface area contributed by atoms with Gasteiger partial charge in [-0.05, 0) is 89.3 Å². The molecule has 2 aromatic carbocycles. The molecule has 12 heteroatoms. The third-order valence-electron chi connectivity index (χ3n) is 8.31. The van der Waals surface area contributed by atoms with Crippen LogP contribution in [-0.2, 0) is 21.4 Å². The molecule has 0 atom stereocenters. The molecule has 0 aliphatic carbocycles. The van der Waals surface area contributed by atoms with Gasteiger partial charge in [-0.2, -0.15) is 15.0 Å². The number of hydrogen-bond acceptors (Lipinski definition) is 11. The minimum Gasteiger partial charge on any atom is -0.466 e. The minimum atomic E-state index is -0.476. The van der Waals surface area contributed by atoms with Crippen molar-refractivity contribution >= 4 is 51.8 Å². The summed E-state index contributed by atoms with van der Waals surface area (Å²) in [6.07, 6.45) is 0.0272. The highest BCUT2D eigenvalue weighted by molar-refractivity contribution is 7.12. The van der Waals surface area contributed by atoms with Crippen LogP contribution >= 0.6 is 11.3 Å². The van der Waals surface area contributed by atoms with Gasteiger partial charge in [0.2, 0.25) is 5.13 Å². The van der Waals surface area contributed by atoms with Gasteiger partial charge in [0.1, 0.15) is 23.1 Å². The minimum absolute atomic E-state index is 0.0272. The van der Waals surface area contributed by atoms with Crippen molar-refractivity contribution in [2.45, 2.75) is 88.0 Å². The summed E-state index contributed by atoms with van der Waals surface area (Å²) in [5, 5.41) is 34.1. The molecule has 3 aromatic heterocycles. The van der Waals surface area contributed by atoms with E-state index in [1.807, 2.05) is 33.8 Å². The monoisotopic (exact) mass is 703 g/mol. The van der Waals surface area contributed by atoms with Crippen LogP contribution in [0.4, 0.5) is 34.5 Å². The second kappa shape index (κ2) is 14.8. The van der Waals surface area contributed by atoms with Gasteiger partial charge in [-0.3, -0.25) is 4.79 Å². The number of carbonyl (C=O) groups excluding carboxylic acids is 1. The summed E-state index contributed by atoms with van der Waals surface area (Å²) in [6, 6.07) is 12.8. The van der Waals surface area contributed by atoms with Gasteiger partial charge >= 0.3 is 5.97 Å². The van der Waals surface area contributed by atoms with Gasteiger partial charge in [-0.15, -0.1) is 21.6 Å². The zero-order chi connectivity index (χ0) is 37.2. The van der Waals surface area contributed by atoms with E-state index in [1.54, 1.807) is 12.3 Å². The molecule has 3 heterocycles. The van der Waals surface area contributed by atoms with E-state index in [0.29, 0.717) is 39.4 Å². The van der Waals surface area contributed by atoms with E-state index in [1.165, 1.54) is 27.1 Å². The second-order valence-electron chi connectivity index (χ2n) is 13.9. The predicted octanol–water partition coefficient (Wildman–Crippen LogP) is 10.1. The molecule has 0 unspecified atom stereocenters. The van der Waals surface area contributed by atoms with Crippen molar-refractivity contribution in [2.75, 3.05) is 17.2 Å². The van der Waals surface area contributed by atoms with E-state index in [4.69, 9.17) is 25.0 Å². The largest absolute Gasteiger partial charge is 0.466 e. The molecule has 5 aromatic rings. The maximum absolute atomic E-state index is 12.2. The number of thiazole rings is 1. The standard InChI is InChI=1S/C39H45N9O2S/c1-12-50-31(49)18-28-20-51-38(41-28)48-37(29(19-40)35(47-48)39(9,10)11)46-45-34-27(8)17-30(42-32-23(4)13-21(2)14-24(32)5)43-36(34)44-33-25(6)15-22(3)16-26(33)7/h13-17,20H,12,18H2,1-11H3,(H2,42,43,44). The van der Waals surface area contributed by atoms with E-state index in [9.17, 15) is 10.1 Å². The molecule has 0 spiro atoms. The third-order valence-corrected chi connectivity index (χ3v) is 9.18. The van der Waals surface area contributed by atoms with E-state index < -0.39 is 5.41 Å². The van der Waals surface area contributed by atoms with Gasteiger partial charge in [-0.25, -0.2) is 9.97 Å². The zero-order valence-corrected chi connectivity index (χ0v) is 32.1. The van der Waals surface area contributed by atoms with Crippen molar-refractivity contribution < 1.29 is 9.53 Å². The Morgan fingerprint density at radius 1 is 0.882 bits per heavy atom. The van der Waals surface area contributed by atoms with Gasteiger partial charge in [0.15, 0.2) is 11.6 Å². The van der Waals surface area contributed by atoms with Crippen molar-refractivity contribution in [1.82, 2.24) is 19.7 Å². The van der Waals surface area contributed by atoms with Gasteiger partial charge in [0.05, 0.1) is 24.4 Å². The molecule has 0 fully saturated rings. The van der Waals surface area contributed by atoms with Crippen molar-refractivity contribution in [3.63, 3.8) is 0 Å². The number of esters is 1. The van der Waals surface area contributed by atoms with E-state index in [0.717, 1.165) is 39.2 Å². The molecule has 0 amide bonds. The van der Waals surface area contributed by atoms with Crippen molar-refractivity contribution in [3.8, 4) is 11.2 Å². The Bertz CT molecular complexity index is 2150.